The van der Waals surface area contributed by atoms with Crippen LogP contribution in [0.3, 0.4) is 0 Å². The second-order valence-electron chi connectivity index (χ2n) is 6.48. The average molecular weight is 337 g/mol. The van der Waals surface area contributed by atoms with Gasteiger partial charge in [0.1, 0.15) is 12.1 Å². The fourth-order valence-electron chi connectivity index (χ4n) is 3.19. The van der Waals surface area contributed by atoms with Crippen LogP contribution in [0.4, 0.5) is 4.39 Å². The summed E-state index contributed by atoms with van der Waals surface area (Å²) in [5, 5.41) is 0. The van der Waals surface area contributed by atoms with Crippen LogP contribution < -0.4 is 0 Å². The summed E-state index contributed by atoms with van der Waals surface area (Å²) in [4.78, 5) is 18.3. The number of carbonyl (C=O) groups is 1. The molecule has 1 aromatic carbocycles. The third-order valence-electron chi connectivity index (χ3n) is 4.86. The van der Waals surface area contributed by atoms with Gasteiger partial charge < -0.3 is 9.47 Å². The second-order valence-corrected chi connectivity index (χ2v) is 6.48. The average Bonchev–Trinajstić information content (AvgIpc) is 2.88. The van der Waals surface area contributed by atoms with Crippen molar-refractivity contribution >= 4 is 16.9 Å². The van der Waals surface area contributed by atoms with Crippen molar-refractivity contribution in [3.63, 3.8) is 0 Å². The van der Waals surface area contributed by atoms with Gasteiger partial charge in [-0.2, -0.15) is 0 Å². The molecule has 0 aliphatic carbocycles. The SMILES string of the molecule is CCc1cccc(-c2cnc3c(F)cn(CC(=O)N4CCC4)c3c2)c1. The highest BCUT2D eigenvalue weighted by molar-refractivity contribution is 5.84. The zero-order valence-electron chi connectivity index (χ0n) is 14.2. The van der Waals surface area contributed by atoms with E-state index in [2.05, 4.69) is 24.0 Å². The lowest BCUT2D eigenvalue weighted by Gasteiger charge is -2.31. The van der Waals surface area contributed by atoms with Crippen molar-refractivity contribution in [2.75, 3.05) is 13.1 Å². The Morgan fingerprint density at radius 1 is 1.24 bits per heavy atom. The maximum Gasteiger partial charge on any atom is 0.242 e. The molecule has 3 heterocycles. The number of aryl methyl sites for hydroxylation is 1. The highest BCUT2D eigenvalue weighted by Gasteiger charge is 2.21. The summed E-state index contributed by atoms with van der Waals surface area (Å²) >= 11 is 0. The van der Waals surface area contributed by atoms with Crippen LogP contribution in [-0.2, 0) is 17.8 Å². The molecule has 1 saturated heterocycles. The van der Waals surface area contributed by atoms with E-state index < -0.39 is 0 Å². The fourth-order valence-corrected chi connectivity index (χ4v) is 3.19. The summed E-state index contributed by atoms with van der Waals surface area (Å²) in [7, 11) is 0. The first-order chi connectivity index (χ1) is 12.2. The minimum atomic E-state index is -0.389. The Morgan fingerprint density at radius 3 is 2.80 bits per heavy atom. The Morgan fingerprint density at radius 2 is 2.08 bits per heavy atom. The molecule has 5 heteroatoms. The molecule has 1 aliphatic heterocycles. The molecule has 0 N–H and O–H groups in total. The minimum Gasteiger partial charge on any atom is -0.341 e. The number of rotatable bonds is 4. The van der Waals surface area contributed by atoms with Gasteiger partial charge >= 0.3 is 0 Å². The van der Waals surface area contributed by atoms with Crippen LogP contribution >= 0.6 is 0 Å². The zero-order chi connectivity index (χ0) is 17.4. The van der Waals surface area contributed by atoms with Crippen molar-refractivity contribution < 1.29 is 9.18 Å². The number of aromatic nitrogens is 2. The number of nitrogens with zero attached hydrogens (tertiary/aromatic N) is 3. The van der Waals surface area contributed by atoms with Crippen LogP contribution in [0.25, 0.3) is 22.2 Å². The number of benzene rings is 1. The topological polar surface area (TPSA) is 38.1 Å². The standard InChI is InChI=1S/C20H20FN3O/c1-2-14-5-3-6-15(9-14)16-10-18-20(22-11-16)17(21)12-24(18)13-19(25)23-7-4-8-23/h3,5-6,9-12H,2,4,7-8,13H2,1H3. The van der Waals surface area contributed by atoms with Crippen molar-refractivity contribution in [1.82, 2.24) is 14.5 Å². The highest BCUT2D eigenvalue weighted by Crippen LogP contribution is 2.26. The van der Waals surface area contributed by atoms with Crippen molar-refractivity contribution in [2.45, 2.75) is 26.3 Å². The van der Waals surface area contributed by atoms with Crippen molar-refractivity contribution in [1.29, 1.82) is 0 Å². The molecule has 0 saturated carbocycles. The van der Waals surface area contributed by atoms with Crippen molar-refractivity contribution in [3.05, 3.63) is 54.1 Å². The Bertz CT molecular complexity index is 943. The Balaban J connectivity index is 1.73. The number of hydrogen-bond donors (Lipinski definition) is 0. The molecule has 1 amide bonds. The van der Waals surface area contributed by atoms with E-state index in [-0.39, 0.29) is 18.3 Å². The van der Waals surface area contributed by atoms with Crippen LogP contribution in [0.5, 0.6) is 0 Å². The number of carbonyl (C=O) groups excluding carboxylic acids is 1. The number of hydrogen-bond acceptors (Lipinski definition) is 2. The summed E-state index contributed by atoms with van der Waals surface area (Å²) in [5.41, 5.74) is 4.19. The second kappa shape index (κ2) is 6.31. The normalized spacial score (nSPS) is 13.9. The van der Waals surface area contributed by atoms with Crippen LogP contribution in [0, 0.1) is 5.82 Å². The summed E-state index contributed by atoms with van der Waals surface area (Å²) in [6.45, 7) is 3.87. The van der Waals surface area contributed by atoms with Crippen LogP contribution in [0.1, 0.15) is 18.9 Å². The molecular weight excluding hydrogens is 317 g/mol. The van der Waals surface area contributed by atoms with Crippen LogP contribution in [-0.4, -0.2) is 33.4 Å². The van der Waals surface area contributed by atoms with Gasteiger partial charge in [0.25, 0.3) is 0 Å². The Labute approximate surface area is 145 Å². The smallest absolute Gasteiger partial charge is 0.242 e. The first kappa shape index (κ1) is 15.8. The quantitative estimate of drug-likeness (QED) is 0.729. The third-order valence-corrected chi connectivity index (χ3v) is 4.86. The Kier molecular flexibility index (Phi) is 3.99. The summed E-state index contributed by atoms with van der Waals surface area (Å²) in [6.07, 6.45) is 5.08. The maximum atomic E-state index is 14.2. The minimum absolute atomic E-state index is 0.0292. The molecule has 0 radical (unpaired) electrons. The van der Waals surface area contributed by atoms with Gasteiger partial charge in [-0.05, 0) is 30.0 Å². The number of halogens is 1. The van der Waals surface area contributed by atoms with Gasteiger partial charge in [-0.15, -0.1) is 0 Å². The predicted octanol–water partition coefficient (Wildman–Crippen LogP) is 3.64. The van der Waals surface area contributed by atoms with E-state index in [4.69, 9.17) is 0 Å². The summed E-state index contributed by atoms with van der Waals surface area (Å²) in [5.74, 6) is -0.359. The van der Waals surface area contributed by atoms with Gasteiger partial charge in [-0.3, -0.25) is 9.78 Å². The number of amides is 1. The first-order valence-corrected chi connectivity index (χ1v) is 8.67. The molecule has 4 rings (SSSR count). The van der Waals surface area contributed by atoms with E-state index in [1.165, 1.54) is 11.8 Å². The van der Waals surface area contributed by atoms with E-state index in [1.807, 2.05) is 18.2 Å². The molecule has 25 heavy (non-hydrogen) atoms. The molecule has 0 unspecified atom stereocenters. The number of fused-ring (bicyclic) bond motifs is 1. The van der Waals surface area contributed by atoms with Gasteiger partial charge in [-0.25, -0.2) is 4.39 Å². The molecule has 0 bridgehead atoms. The molecule has 1 fully saturated rings. The van der Waals surface area contributed by atoms with E-state index in [1.54, 1.807) is 15.7 Å². The molecule has 3 aromatic rings. The van der Waals surface area contributed by atoms with Crippen molar-refractivity contribution in [3.8, 4) is 11.1 Å². The van der Waals surface area contributed by atoms with E-state index in [9.17, 15) is 9.18 Å². The van der Waals surface area contributed by atoms with E-state index in [0.717, 1.165) is 37.1 Å². The van der Waals surface area contributed by atoms with Gasteiger partial charge in [0.2, 0.25) is 5.91 Å². The molecule has 128 valence electrons. The lowest BCUT2D eigenvalue weighted by atomic mass is 10.0. The van der Waals surface area contributed by atoms with Crippen molar-refractivity contribution in [2.24, 2.45) is 0 Å². The van der Waals surface area contributed by atoms with Crippen LogP contribution in [0.15, 0.2) is 42.7 Å². The van der Waals surface area contributed by atoms with Gasteiger partial charge in [0.05, 0.1) is 5.52 Å². The number of pyridine rings is 1. The lowest BCUT2D eigenvalue weighted by molar-refractivity contribution is -0.135. The predicted molar refractivity (Wildman–Crippen MR) is 95.7 cm³/mol. The Hall–Kier alpha value is -2.69. The largest absolute Gasteiger partial charge is 0.341 e. The molecule has 4 nitrogen and oxygen atoms in total. The number of likely N-dealkylation sites (tertiary alicyclic amines) is 1. The molecule has 2 aromatic heterocycles. The maximum absolute atomic E-state index is 14.2. The highest BCUT2D eigenvalue weighted by atomic mass is 19.1. The van der Waals surface area contributed by atoms with Gasteiger partial charge in [0, 0.05) is 31.0 Å². The van der Waals surface area contributed by atoms with Gasteiger partial charge in [-0.1, -0.05) is 31.2 Å². The van der Waals surface area contributed by atoms with E-state index in [0.29, 0.717) is 11.0 Å². The molecular formula is C20H20FN3O. The fraction of sp³-hybridized carbons (Fsp3) is 0.300. The first-order valence-electron chi connectivity index (χ1n) is 8.67. The van der Waals surface area contributed by atoms with Crippen LogP contribution in [0.2, 0.25) is 0 Å². The van der Waals surface area contributed by atoms with Gasteiger partial charge in [0.15, 0.2) is 5.82 Å². The molecule has 0 spiro atoms. The third kappa shape index (κ3) is 2.90. The van der Waals surface area contributed by atoms with E-state index >= 15 is 0 Å². The summed E-state index contributed by atoms with van der Waals surface area (Å²) in [6, 6.07) is 10.2. The summed E-state index contributed by atoms with van der Waals surface area (Å²) < 4.78 is 15.9. The molecule has 0 atom stereocenters. The zero-order valence-corrected chi connectivity index (χ0v) is 14.2. The lowest BCUT2D eigenvalue weighted by Crippen LogP contribution is -2.43. The monoisotopic (exact) mass is 337 g/mol. The molecule has 1 aliphatic rings.